The zero-order chi connectivity index (χ0) is 8.67. The lowest BCUT2D eigenvalue weighted by Gasteiger charge is -2.00. The number of aromatic nitrogens is 3. The standard InChI is InChI=1S/C10H7N3/c1-2-4-8-7(3-1)5-9-10(12-8)6-11-13-9/h1-6,12H. The van der Waals surface area contributed by atoms with Crippen LogP contribution in [0.15, 0.2) is 36.5 Å². The smallest absolute Gasteiger partial charge is 0.111 e. The Kier molecular flexibility index (Phi) is 1.16. The molecule has 0 atom stereocenters. The summed E-state index contributed by atoms with van der Waals surface area (Å²) in [6.45, 7) is 0. The summed E-state index contributed by atoms with van der Waals surface area (Å²) in [4.78, 5) is 3.26. The first-order valence-electron chi connectivity index (χ1n) is 4.13. The second-order valence-electron chi connectivity index (χ2n) is 3.00. The highest BCUT2D eigenvalue weighted by atomic mass is 15.1. The molecule has 3 heteroatoms. The van der Waals surface area contributed by atoms with Crippen LogP contribution < -0.4 is 0 Å². The van der Waals surface area contributed by atoms with Crippen LogP contribution in [0.1, 0.15) is 0 Å². The van der Waals surface area contributed by atoms with Gasteiger partial charge in [0.2, 0.25) is 0 Å². The fourth-order valence-corrected chi connectivity index (χ4v) is 1.50. The molecular formula is C10H7N3. The molecule has 0 saturated heterocycles. The van der Waals surface area contributed by atoms with E-state index in [4.69, 9.17) is 0 Å². The van der Waals surface area contributed by atoms with Crippen LogP contribution in [-0.4, -0.2) is 15.2 Å². The normalized spacial score (nSPS) is 11.1. The molecule has 1 aromatic rings. The van der Waals surface area contributed by atoms with E-state index in [1.807, 2.05) is 24.3 Å². The number of nitrogens with one attached hydrogen (secondary N) is 1. The second kappa shape index (κ2) is 2.29. The van der Waals surface area contributed by atoms with Crippen LogP contribution in [0.4, 0.5) is 0 Å². The molecule has 3 rings (SSSR count). The van der Waals surface area contributed by atoms with Crippen molar-refractivity contribution in [3.63, 3.8) is 0 Å². The molecule has 0 fully saturated rings. The first-order chi connectivity index (χ1) is 6.43. The molecule has 1 N–H and O–H groups in total. The predicted molar refractivity (Wildman–Crippen MR) is 50.5 cm³/mol. The lowest BCUT2D eigenvalue weighted by molar-refractivity contribution is 1.10. The topological polar surface area (TPSA) is 41.6 Å². The number of para-hydroxylation sites is 1. The van der Waals surface area contributed by atoms with Gasteiger partial charge >= 0.3 is 0 Å². The minimum absolute atomic E-state index is 0.915. The second-order valence-corrected chi connectivity index (χ2v) is 3.00. The van der Waals surface area contributed by atoms with Gasteiger partial charge in [-0.25, -0.2) is 0 Å². The van der Waals surface area contributed by atoms with E-state index >= 15 is 0 Å². The first-order valence-corrected chi connectivity index (χ1v) is 4.13. The Hall–Kier alpha value is -1.90. The number of rotatable bonds is 0. The van der Waals surface area contributed by atoms with Crippen LogP contribution in [-0.2, 0) is 0 Å². The first kappa shape index (κ1) is 6.60. The highest BCUT2D eigenvalue weighted by Gasteiger charge is 2.05. The van der Waals surface area contributed by atoms with Crippen molar-refractivity contribution in [3.8, 4) is 11.4 Å². The average molecular weight is 169 g/mol. The van der Waals surface area contributed by atoms with E-state index in [9.17, 15) is 0 Å². The Morgan fingerprint density at radius 3 is 3.08 bits per heavy atom. The van der Waals surface area contributed by atoms with E-state index in [1.165, 1.54) is 0 Å². The van der Waals surface area contributed by atoms with E-state index in [0.717, 1.165) is 22.3 Å². The molecule has 2 aliphatic heterocycles. The van der Waals surface area contributed by atoms with Crippen LogP contribution in [0.3, 0.4) is 0 Å². The summed E-state index contributed by atoms with van der Waals surface area (Å²) in [6, 6.07) is 10.2. The van der Waals surface area contributed by atoms with E-state index in [0.29, 0.717) is 0 Å². The molecule has 0 aliphatic carbocycles. The third-order valence-electron chi connectivity index (χ3n) is 2.15. The molecule has 2 aliphatic rings. The van der Waals surface area contributed by atoms with Gasteiger partial charge in [-0.1, -0.05) is 18.2 Å². The van der Waals surface area contributed by atoms with Crippen molar-refractivity contribution in [2.75, 3.05) is 0 Å². The summed E-state index contributed by atoms with van der Waals surface area (Å²) in [7, 11) is 0. The fourth-order valence-electron chi connectivity index (χ4n) is 1.50. The van der Waals surface area contributed by atoms with Gasteiger partial charge in [0.15, 0.2) is 0 Å². The lowest BCUT2D eigenvalue weighted by atomic mass is 10.2. The van der Waals surface area contributed by atoms with Crippen molar-refractivity contribution in [3.05, 3.63) is 36.5 Å². The van der Waals surface area contributed by atoms with E-state index < -0.39 is 0 Å². The molecule has 13 heavy (non-hydrogen) atoms. The van der Waals surface area contributed by atoms with E-state index in [2.05, 4.69) is 21.2 Å². The Bertz CT molecular complexity index is 480. The molecule has 0 unspecified atom stereocenters. The van der Waals surface area contributed by atoms with Gasteiger partial charge in [0, 0.05) is 10.9 Å². The van der Waals surface area contributed by atoms with Crippen LogP contribution in [0.25, 0.3) is 22.3 Å². The molecule has 2 heterocycles. The molecular weight excluding hydrogens is 162 g/mol. The van der Waals surface area contributed by atoms with Crippen molar-refractivity contribution in [2.24, 2.45) is 0 Å². The number of pyridine rings is 1. The van der Waals surface area contributed by atoms with Gasteiger partial charge in [0.1, 0.15) is 5.69 Å². The number of nitrogens with zero attached hydrogens (tertiary/aromatic N) is 2. The maximum Gasteiger partial charge on any atom is 0.111 e. The van der Waals surface area contributed by atoms with Gasteiger partial charge in [-0.15, -0.1) is 5.10 Å². The Labute approximate surface area is 74.8 Å². The third-order valence-corrected chi connectivity index (χ3v) is 2.15. The van der Waals surface area contributed by atoms with Crippen LogP contribution in [0, 0.1) is 0 Å². The quantitative estimate of drug-likeness (QED) is 0.559. The molecule has 0 amide bonds. The Morgan fingerprint density at radius 1 is 1.15 bits per heavy atom. The molecule has 0 aromatic heterocycles. The van der Waals surface area contributed by atoms with Gasteiger partial charge < -0.3 is 4.98 Å². The number of fused-ring (bicyclic) bond motifs is 2. The number of hydrogen-bond acceptors (Lipinski definition) is 2. The average Bonchev–Trinajstić information content (AvgIpc) is 2.61. The SMILES string of the molecule is c1ccc2[nH]c3cnnc-3cc2c1. The predicted octanol–water partition coefficient (Wildman–Crippen LogP) is 2.06. The lowest BCUT2D eigenvalue weighted by Crippen LogP contribution is -1.84. The number of hydrogen-bond donors (Lipinski definition) is 1. The maximum absolute atomic E-state index is 3.99. The zero-order valence-corrected chi connectivity index (χ0v) is 6.86. The fraction of sp³-hybridized carbons (Fsp3) is 0. The molecule has 0 spiro atoms. The van der Waals surface area contributed by atoms with Crippen molar-refractivity contribution >= 4 is 10.9 Å². The van der Waals surface area contributed by atoms with Gasteiger partial charge in [-0.3, -0.25) is 0 Å². The van der Waals surface area contributed by atoms with Gasteiger partial charge in [-0.05, 0) is 12.1 Å². The minimum Gasteiger partial charge on any atom is -0.352 e. The summed E-state index contributed by atoms with van der Waals surface area (Å²) >= 11 is 0. The number of benzene rings is 1. The molecule has 62 valence electrons. The van der Waals surface area contributed by atoms with E-state index in [-0.39, 0.29) is 0 Å². The summed E-state index contributed by atoms with van der Waals surface area (Å²) in [5.41, 5.74) is 3.02. The summed E-state index contributed by atoms with van der Waals surface area (Å²) in [5, 5.41) is 8.99. The van der Waals surface area contributed by atoms with Gasteiger partial charge in [0.25, 0.3) is 0 Å². The Balaban J connectivity index is 2.52. The van der Waals surface area contributed by atoms with Crippen LogP contribution in [0.2, 0.25) is 0 Å². The van der Waals surface area contributed by atoms with Crippen molar-refractivity contribution in [1.29, 1.82) is 0 Å². The molecule has 0 radical (unpaired) electrons. The van der Waals surface area contributed by atoms with Gasteiger partial charge in [0.05, 0.1) is 11.9 Å². The summed E-state index contributed by atoms with van der Waals surface area (Å²) < 4.78 is 0. The van der Waals surface area contributed by atoms with Crippen molar-refractivity contribution in [2.45, 2.75) is 0 Å². The van der Waals surface area contributed by atoms with E-state index in [1.54, 1.807) is 6.20 Å². The maximum atomic E-state index is 3.99. The van der Waals surface area contributed by atoms with Gasteiger partial charge in [-0.2, -0.15) is 5.10 Å². The minimum atomic E-state index is 0.915. The van der Waals surface area contributed by atoms with Crippen molar-refractivity contribution in [1.82, 2.24) is 15.2 Å². The van der Waals surface area contributed by atoms with Crippen LogP contribution in [0.5, 0.6) is 0 Å². The molecule has 0 saturated carbocycles. The highest BCUT2D eigenvalue weighted by molar-refractivity contribution is 5.83. The monoisotopic (exact) mass is 169 g/mol. The zero-order valence-electron chi connectivity index (χ0n) is 6.86. The Morgan fingerprint density at radius 2 is 2.08 bits per heavy atom. The van der Waals surface area contributed by atoms with Crippen molar-refractivity contribution < 1.29 is 0 Å². The number of aromatic amines is 1. The van der Waals surface area contributed by atoms with Crippen LogP contribution >= 0.6 is 0 Å². The summed E-state index contributed by atoms with van der Waals surface area (Å²) in [5.74, 6) is 0. The molecule has 1 aromatic carbocycles. The number of H-pyrrole nitrogens is 1. The summed E-state index contributed by atoms with van der Waals surface area (Å²) in [6.07, 6.45) is 1.74. The highest BCUT2D eigenvalue weighted by Crippen LogP contribution is 2.21. The third kappa shape index (κ3) is 0.902. The molecule has 0 bridgehead atoms. The molecule has 3 nitrogen and oxygen atoms in total. The largest absolute Gasteiger partial charge is 0.352 e.